The molecule has 3 aromatic carbocycles. The van der Waals surface area contributed by atoms with Gasteiger partial charge in [-0.1, -0.05) is 61.5 Å². The Balaban J connectivity index is 0.000000154. The van der Waals surface area contributed by atoms with E-state index >= 15 is 0 Å². The maximum absolute atomic E-state index is 12.7. The molecule has 1 unspecified atom stereocenters. The van der Waals surface area contributed by atoms with E-state index < -0.39 is 0 Å². The Bertz CT molecular complexity index is 3640. The number of urea groups is 2. The van der Waals surface area contributed by atoms with E-state index in [1.54, 1.807) is 85.4 Å². The molecule has 9 heterocycles. The van der Waals surface area contributed by atoms with Gasteiger partial charge in [-0.05, 0) is 98.3 Å². The number of carbonyl (C=O) groups is 3. The number of nitrogens with one attached hydrogen (secondary N) is 6. The predicted octanol–water partition coefficient (Wildman–Crippen LogP) is 8.26. The van der Waals surface area contributed by atoms with Gasteiger partial charge in [0.25, 0.3) is 0 Å². The van der Waals surface area contributed by atoms with Crippen molar-refractivity contribution in [2.24, 2.45) is 5.92 Å². The van der Waals surface area contributed by atoms with E-state index in [2.05, 4.69) is 127 Å². The zero-order valence-corrected chi connectivity index (χ0v) is 57.2. The summed E-state index contributed by atoms with van der Waals surface area (Å²) in [5, 5.41) is 20.3. The fourth-order valence-corrected chi connectivity index (χ4v) is 12.1. The zero-order valence-electron chi connectivity index (χ0n) is 54.9. The molecule has 0 radical (unpaired) electrons. The Morgan fingerprint density at radius 1 is 0.489 bits per heavy atom. The van der Waals surface area contributed by atoms with Gasteiger partial charge in [0.1, 0.15) is 26.7 Å². The van der Waals surface area contributed by atoms with Crippen LogP contribution in [0, 0.1) is 5.92 Å². The molecule has 0 spiro atoms. The number of likely N-dealkylation sites (N-methyl/N-ethyl adjacent to an activating group) is 3. The molecule has 3 saturated heterocycles. The highest BCUT2D eigenvalue weighted by molar-refractivity contribution is 6.33. The smallest absolute Gasteiger partial charge is 0.330 e. The number of benzene rings is 3. The third kappa shape index (κ3) is 15.3. The first kappa shape index (κ1) is 68.0. The summed E-state index contributed by atoms with van der Waals surface area (Å²) in [7, 11) is 14.8. The number of anilines is 12. The van der Waals surface area contributed by atoms with E-state index in [1.807, 2.05) is 54.6 Å². The lowest BCUT2D eigenvalue weighted by Crippen LogP contribution is -2.46. The number of halogens is 3. The van der Waals surface area contributed by atoms with Crippen LogP contribution < -0.4 is 61.3 Å². The minimum absolute atomic E-state index is 0.0447. The molecule has 3 fully saturated rings. The maximum Gasteiger partial charge on any atom is 0.330 e. The van der Waals surface area contributed by atoms with Crippen molar-refractivity contribution in [2.75, 3.05) is 187 Å². The van der Waals surface area contributed by atoms with Gasteiger partial charge in [0.05, 0.1) is 49.0 Å². The third-order valence-corrected chi connectivity index (χ3v) is 18.5. The highest BCUT2D eigenvalue weighted by atomic mass is 35.5. The summed E-state index contributed by atoms with van der Waals surface area (Å²) < 4.78 is 0. The minimum atomic E-state index is -0.288. The summed E-state index contributed by atoms with van der Waals surface area (Å²) in [6, 6.07) is 17.4. The molecular formula is C65H84Cl3N23O3. The molecule has 0 aliphatic carbocycles. The number of aromatic nitrogens is 6. The second-order valence-corrected chi connectivity index (χ2v) is 24.9. The van der Waals surface area contributed by atoms with Crippen molar-refractivity contribution in [1.29, 1.82) is 0 Å². The first-order valence-electron chi connectivity index (χ1n) is 31.2. The monoisotopic (exact) mass is 1340 g/mol. The van der Waals surface area contributed by atoms with Crippen molar-refractivity contribution < 1.29 is 14.4 Å². The fraction of sp³-hybridized carbons (Fsp3) is 0.400. The first-order chi connectivity index (χ1) is 45.1. The van der Waals surface area contributed by atoms with Crippen LogP contribution in [-0.4, -0.2) is 214 Å². The second kappa shape index (κ2) is 30.0. The Labute approximate surface area is 565 Å². The van der Waals surface area contributed by atoms with Crippen LogP contribution in [0.1, 0.15) is 23.6 Å². The van der Waals surface area contributed by atoms with Gasteiger partial charge < -0.3 is 66.2 Å². The van der Waals surface area contributed by atoms with E-state index in [9.17, 15) is 14.4 Å². The lowest BCUT2D eigenvalue weighted by Gasteiger charge is -2.36. The molecule has 6 N–H and O–H groups in total. The van der Waals surface area contributed by atoms with Crippen LogP contribution in [0.3, 0.4) is 0 Å². The summed E-state index contributed by atoms with van der Waals surface area (Å²) in [4.78, 5) is 86.9. The Hall–Kier alpha value is -8.92. The van der Waals surface area contributed by atoms with Crippen LogP contribution in [0.25, 0.3) is 0 Å². The lowest BCUT2D eigenvalue weighted by atomic mass is 9.89. The van der Waals surface area contributed by atoms with E-state index in [0.717, 1.165) is 142 Å². The Kier molecular flexibility index (Phi) is 21.7. The normalized spacial score (nSPS) is 17.6. The first-order valence-corrected chi connectivity index (χ1v) is 32.4. The molecule has 1 atom stereocenters. The maximum atomic E-state index is 12.7. The average molecular weight is 1340 g/mol. The SMILES string of the molecule is C=C(NC)C1Cc2cc(Nc3nc(N4CCN(C)CC4)ncc3Cl)ccc2N(C)C1=O.C=C(NC)N1Cc2cc(Nc3nc(N4CCN(C)CC4)ncc3Cl)ccc2N(C)C1=O.C=C(NC)N1Cc2cc(Nc3nc(N4CCN(CC)CC4)ncc3Cl)ccc2N(C)C1=O. The number of hydrogen-bond donors (Lipinski definition) is 6. The number of rotatable bonds is 16. The molecule has 6 aliphatic rings. The van der Waals surface area contributed by atoms with E-state index in [4.69, 9.17) is 39.8 Å². The summed E-state index contributed by atoms with van der Waals surface area (Å²) in [6.07, 6.45) is 5.51. The van der Waals surface area contributed by atoms with Crippen LogP contribution in [0.5, 0.6) is 0 Å². The molecule has 5 amide bonds. The van der Waals surface area contributed by atoms with Crippen molar-refractivity contribution in [3.8, 4) is 0 Å². The summed E-state index contributed by atoms with van der Waals surface area (Å²) in [6.45, 7) is 27.1. The Morgan fingerprint density at radius 2 is 0.840 bits per heavy atom. The van der Waals surface area contributed by atoms with Gasteiger partial charge in [-0.25, -0.2) is 24.5 Å². The summed E-state index contributed by atoms with van der Waals surface area (Å²) >= 11 is 19.2. The lowest BCUT2D eigenvalue weighted by molar-refractivity contribution is -0.121. The molecule has 94 heavy (non-hydrogen) atoms. The topological polar surface area (TPSA) is 236 Å². The molecular weight excluding hydrogens is 1260 g/mol. The highest BCUT2D eigenvalue weighted by Gasteiger charge is 2.34. The van der Waals surface area contributed by atoms with Crippen LogP contribution in [0.2, 0.25) is 15.1 Å². The van der Waals surface area contributed by atoms with Gasteiger partial charge in [0.15, 0.2) is 17.5 Å². The number of hydrogen-bond acceptors (Lipinski definition) is 21. The minimum Gasteiger partial charge on any atom is -0.391 e. The zero-order chi connectivity index (χ0) is 67.1. The van der Waals surface area contributed by atoms with Gasteiger partial charge in [0, 0.05) is 149 Å². The largest absolute Gasteiger partial charge is 0.391 e. The standard InChI is InChI=1S/C22H29ClN8O.C22H28ClN7O.C21H27ClN8O/c1-5-29-8-10-30(11-9-29)21-25-13-18(23)20(27-21)26-17-6-7-19-16(12-17)14-31(15(2)24-3)22(32)28(19)4;1-14(24-2)17-12-15-11-16(5-6-19(15)29(4)21(17)31)26-20-18(23)13-25-22(27-20)30-9-7-28(3)8-10-30;1-14(23-2)30-13-15-11-16(5-6-18(15)28(4)21(30)31)25-19-17(22)12-24-20(26-19)29-9-7-27(3)8-10-29/h6-7,12-13,24H,2,5,8-11,14H2,1,3-4H3,(H,25,26,27);5-6,11,13,17,24H,1,7-10,12H2,2-4H3,(H,25,26,27);5-6,11-12,23H,1,7-10,13H2,2-4H3,(H,24,25,26). The van der Waals surface area contributed by atoms with Gasteiger partial charge >= 0.3 is 12.1 Å². The van der Waals surface area contributed by atoms with Crippen molar-refractivity contribution in [1.82, 2.24) is 70.4 Å². The molecule has 26 nitrogen and oxygen atoms in total. The van der Waals surface area contributed by atoms with Gasteiger partial charge in [-0.2, -0.15) is 15.0 Å². The predicted molar refractivity (Wildman–Crippen MR) is 378 cm³/mol. The second-order valence-electron chi connectivity index (χ2n) is 23.7. The number of amides is 5. The molecule has 6 aliphatic heterocycles. The quantitative estimate of drug-likeness (QED) is 0.0535. The van der Waals surface area contributed by atoms with Crippen LogP contribution in [0.15, 0.2) is 110 Å². The molecule has 3 aromatic heterocycles. The number of piperazine rings is 3. The number of fused-ring (bicyclic) bond motifs is 3. The van der Waals surface area contributed by atoms with E-state index in [0.29, 0.717) is 81.5 Å². The van der Waals surface area contributed by atoms with Crippen LogP contribution in [0.4, 0.5) is 79.0 Å². The van der Waals surface area contributed by atoms with Crippen molar-refractivity contribution in [3.63, 3.8) is 0 Å². The number of carbonyl (C=O) groups excluding carboxylic acids is 3. The van der Waals surface area contributed by atoms with Crippen molar-refractivity contribution in [3.05, 3.63) is 142 Å². The molecule has 0 bridgehead atoms. The highest BCUT2D eigenvalue weighted by Crippen LogP contribution is 2.38. The van der Waals surface area contributed by atoms with Crippen molar-refractivity contribution in [2.45, 2.75) is 26.4 Å². The molecule has 0 saturated carbocycles. The molecule has 6 aromatic rings. The fourth-order valence-electron chi connectivity index (χ4n) is 11.7. The van der Waals surface area contributed by atoms with Gasteiger partial charge in [0.2, 0.25) is 23.8 Å². The third-order valence-electron chi connectivity index (χ3n) is 17.7. The molecule has 29 heteroatoms. The van der Waals surface area contributed by atoms with E-state index in [1.165, 1.54) is 0 Å². The average Bonchev–Trinajstić information content (AvgIpc) is 0.814. The number of nitrogens with zero attached hydrogens (tertiary/aromatic N) is 17. The molecule has 498 valence electrons. The van der Waals surface area contributed by atoms with Crippen LogP contribution in [-0.2, 0) is 24.3 Å². The van der Waals surface area contributed by atoms with Gasteiger partial charge in [-0.3, -0.25) is 24.4 Å². The van der Waals surface area contributed by atoms with E-state index in [-0.39, 0.29) is 23.9 Å². The molecule has 12 rings (SSSR count). The van der Waals surface area contributed by atoms with Crippen molar-refractivity contribution >= 4 is 122 Å². The Morgan fingerprint density at radius 3 is 1.19 bits per heavy atom. The summed E-state index contributed by atoms with van der Waals surface area (Å²) in [5.41, 5.74) is 8.94. The van der Waals surface area contributed by atoms with Crippen LogP contribution >= 0.6 is 34.8 Å². The van der Waals surface area contributed by atoms with Gasteiger partial charge in [-0.15, -0.1) is 0 Å². The summed E-state index contributed by atoms with van der Waals surface area (Å²) in [5.74, 6) is 4.57.